The van der Waals surface area contributed by atoms with E-state index in [2.05, 4.69) is 4.99 Å². The van der Waals surface area contributed by atoms with Gasteiger partial charge in [0.2, 0.25) is 0 Å². The first kappa shape index (κ1) is 17.9. The third kappa shape index (κ3) is 3.67. The summed E-state index contributed by atoms with van der Waals surface area (Å²) in [6.45, 7) is -0.0718. The van der Waals surface area contributed by atoms with E-state index in [1.165, 1.54) is 18.4 Å². The molecule has 0 spiro atoms. The molecule has 0 saturated heterocycles. The number of fused-ring (bicyclic) bond motifs is 1. The lowest BCUT2D eigenvalue weighted by atomic mass is 10.1. The van der Waals surface area contributed by atoms with Crippen molar-refractivity contribution in [1.29, 1.82) is 5.26 Å². The Morgan fingerprint density at radius 3 is 2.65 bits per heavy atom. The maximum Gasteiger partial charge on any atom is 0.325 e. The first-order valence-corrected chi connectivity index (χ1v) is 8.66. The predicted octanol–water partition coefficient (Wildman–Crippen LogP) is 3.14. The Kier molecular flexibility index (Phi) is 5.16. The van der Waals surface area contributed by atoms with Crippen molar-refractivity contribution in [2.24, 2.45) is 4.99 Å². The number of carbonyl (C=O) groups is 2. The summed E-state index contributed by atoms with van der Waals surface area (Å²) in [5, 5.41) is 9.38. The van der Waals surface area contributed by atoms with Crippen LogP contribution < -0.4 is 4.80 Å². The molecule has 3 aromatic rings. The molecule has 6 nitrogen and oxygen atoms in total. The lowest BCUT2D eigenvalue weighted by Crippen LogP contribution is -2.22. The van der Waals surface area contributed by atoms with Crippen LogP contribution in [0.3, 0.4) is 0 Å². The summed E-state index contributed by atoms with van der Waals surface area (Å²) in [6.07, 6.45) is 0. The molecular weight excluding hydrogens is 374 g/mol. The van der Waals surface area contributed by atoms with E-state index in [9.17, 15) is 9.59 Å². The molecule has 0 saturated carbocycles. The Balaban J connectivity index is 2.10. The van der Waals surface area contributed by atoms with Gasteiger partial charge in [0, 0.05) is 10.6 Å². The van der Waals surface area contributed by atoms with Crippen LogP contribution in [0.1, 0.15) is 15.9 Å². The highest BCUT2D eigenvalue weighted by Crippen LogP contribution is 2.22. The fourth-order valence-corrected chi connectivity index (χ4v) is 3.62. The third-order valence-electron chi connectivity index (χ3n) is 3.62. The van der Waals surface area contributed by atoms with Crippen molar-refractivity contribution < 1.29 is 14.3 Å². The van der Waals surface area contributed by atoms with Crippen molar-refractivity contribution >= 4 is 45.0 Å². The highest BCUT2D eigenvalue weighted by molar-refractivity contribution is 7.16. The Morgan fingerprint density at radius 2 is 2.00 bits per heavy atom. The van der Waals surface area contributed by atoms with E-state index in [-0.39, 0.29) is 6.54 Å². The van der Waals surface area contributed by atoms with Gasteiger partial charge in [-0.1, -0.05) is 22.9 Å². The number of nitrogens with zero attached hydrogens (tertiary/aromatic N) is 3. The molecule has 0 atom stereocenters. The summed E-state index contributed by atoms with van der Waals surface area (Å²) in [4.78, 5) is 28.7. The van der Waals surface area contributed by atoms with Gasteiger partial charge in [-0.2, -0.15) is 10.3 Å². The average molecular weight is 386 g/mol. The molecular formula is C18H12ClN3O3S. The van der Waals surface area contributed by atoms with E-state index in [0.717, 1.165) is 10.2 Å². The van der Waals surface area contributed by atoms with Crippen molar-refractivity contribution in [2.75, 3.05) is 7.11 Å². The Labute approximate surface area is 157 Å². The number of hydrogen-bond acceptors (Lipinski definition) is 5. The Morgan fingerprint density at radius 1 is 1.27 bits per heavy atom. The van der Waals surface area contributed by atoms with E-state index in [1.54, 1.807) is 47.0 Å². The van der Waals surface area contributed by atoms with Crippen LogP contribution in [0.25, 0.3) is 10.2 Å². The van der Waals surface area contributed by atoms with Crippen LogP contribution in [-0.4, -0.2) is 23.6 Å². The first-order chi connectivity index (χ1) is 12.5. The van der Waals surface area contributed by atoms with Gasteiger partial charge in [-0.25, -0.2) is 0 Å². The highest BCUT2D eigenvalue weighted by atomic mass is 35.5. The molecule has 8 heteroatoms. The summed E-state index contributed by atoms with van der Waals surface area (Å²) < 4.78 is 7.14. The quantitative estimate of drug-likeness (QED) is 0.648. The van der Waals surface area contributed by atoms with Crippen LogP contribution in [0.5, 0.6) is 0 Å². The number of methoxy groups -OCH3 is 1. The minimum Gasteiger partial charge on any atom is -0.468 e. The van der Waals surface area contributed by atoms with Gasteiger partial charge in [0.15, 0.2) is 4.80 Å². The minimum atomic E-state index is -0.467. The van der Waals surface area contributed by atoms with Crippen molar-refractivity contribution in [3.05, 3.63) is 63.4 Å². The van der Waals surface area contributed by atoms with Crippen LogP contribution >= 0.6 is 22.9 Å². The summed E-state index contributed by atoms with van der Waals surface area (Å²) in [6, 6.07) is 13.4. The molecule has 0 unspecified atom stereocenters. The molecule has 2 aromatic carbocycles. The lowest BCUT2D eigenvalue weighted by Gasteiger charge is -2.03. The number of nitriles is 1. The summed E-state index contributed by atoms with van der Waals surface area (Å²) in [7, 11) is 1.30. The average Bonchev–Trinajstić information content (AvgIpc) is 2.97. The van der Waals surface area contributed by atoms with E-state index in [1.807, 2.05) is 6.07 Å². The summed E-state index contributed by atoms with van der Waals surface area (Å²) in [5.41, 5.74) is 1.54. The van der Waals surface area contributed by atoms with Crippen LogP contribution in [0.4, 0.5) is 0 Å². The van der Waals surface area contributed by atoms with Crippen LogP contribution in [0.2, 0.25) is 5.02 Å². The Bertz CT molecular complexity index is 1110. The lowest BCUT2D eigenvalue weighted by molar-refractivity contribution is -0.141. The van der Waals surface area contributed by atoms with Gasteiger partial charge in [-0.15, -0.1) is 0 Å². The molecule has 0 bridgehead atoms. The molecule has 1 aromatic heterocycles. The van der Waals surface area contributed by atoms with Crippen molar-refractivity contribution in [2.45, 2.75) is 6.54 Å². The number of hydrogen-bond donors (Lipinski definition) is 0. The van der Waals surface area contributed by atoms with Gasteiger partial charge < -0.3 is 9.30 Å². The number of amides is 1. The second-order valence-corrected chi connectivity index (χ2v) is 6.71. The second-order valence-electron chi connectivity index (χ2n) is 5.27. The van der Waals surface area contributed by atoms with Crippen LogP contribution in [0.15, 0.2) is 47.5 Å². The number of ether oxygens (including phenoxy) is 1. The zero-order valence-electron chi connectivity index (χ0n) is 13.6. The number of aromatic nitrogens is 1. The molecule has 1 amide bonds. The monoisotopic (exact) mass is 385 g/mol. The second kappa shape index (κ2) is 7.52. The molecule has 0 fully saturated rings. The highest BCUT2D eigenvalue weighted by Gasteiger charge is 2.13. The summed E-state index contributed by atoms with van der Waals surface area (Å²) >= 11 is 7.28. The Hall–Kier alpha value is -2.95. The molecule has 0 aliphatic heterocycles. The molecule has 130 valence electrons. The number of rotatable bonds is 3. The molecule has 26 heavy (non-hydrogen) atoms. The number of carbonyl (C=O) groups excluding carboxylic acids is 2. The van der Waals surface area contributed by atoms with Crippen molar-refractivity contribution in [3.8, 4) is 6.07 Å². The largest absolute Gasteiger partial charge is 0.468 e. The van der Waals surface area contributed by atoms with Gasteiger partial charge in [0.1, 0.15) is 6.54 Å². The molecule has 0 aliphatic rings. The first-order valence-electron chi connectivity index (χ1n) is 7.47. The zero-order chi connectivity index (χ0) is 18.7. The topological polar surface area (TPSA) is 84.5 Å². The molecule has 0 N–H and O–H groups in total. The maximum atomic E-state index is 12.5. The molecule has 1 heterocycles. The molecule has 0 radical (unpaired) electrons. The normalized spacial score (nSPS) is 11.3. The standard InChI is InChI=1S/C18H12ClN3O3S/c1-25-16(23)10-22-14-7-6-13(19)8-15(14)26-18(22)21-17(24)12-4-2-11(9-20)3-5-12/h2-8H,10H2,1H3. The van der Waals surface area contributed by atoms with E-state index < -0.39 is 11.9 Å². The van der Waals surface area contributed by atoms with Gasteiger partial charge in [0.25, 0.3) is 5.91 Å². The van der Waals surface area contributed by atoms with E-state index in [4.69, 9.17) is 21.6 Å². The minimum absolute atomic E-state index is 0.0718. The smallest absolute Gasteiger partial charge is 0.325 e. The van der Waals surface area contributed by atoms with Crippen molar-refractivity contribution in [3.63, 3.8) is 0 Å². The number of thiazole rings is 1. The number of esters is 1. The fraction of sp³-hybridized carbons (Fsp3) is 0.111. The van der Waals surface area contributed by atoms with Gasteiger partial charge in [-0.3, -0.25) is 9.59 Å². The van der Waals surface area contributed by atoms with Gasteiger partial charge in [0.05, 0.1) is 29.0 Å². The van der Waals surface area contributed by atoms with Crippen LogP contribution in [0, 0.1) is 11.3 Å². The predicted molar refractivity (Wildman–Crippen MR) is 97.9 cm³/mol. The molecule has 3 rings (SSSR count). The van der Waals surface area contributed by atoms with E-state index in [0.29, 0.717) is 21.0 Å². The fourth-order valence-electron chi connectivity index (χ4n) is 2.32. The maximum absolute atomic E-state index is 12.5. The van der Waals surface area contributed by atoms with Gasteiger partial charge in [-0.05, 0) is 42.5 Å². The number of halogens is 1. The van der Waals surface area contributed by atoms with E-state index >= 15 is 0 Å². The van der Waals surface area contributed by atoms with Crippen molar-refractivity contribution in [1.82, 2.24) is 4.57 Å². The number of benzene rings is 2. The SMILES string of the molecule is COC(=O)Cn1c(=NC(=O)c2ccc(C#N)cc2)sc2cc(Cl)ccc21. The molecule has 0 aliphatic carbocycles. The van der Waals surface area contributed by atoms with Crippen LogP contribution in [-0.2, 0) is 16.1 Å². The summed E-state index contributed by atoms with van der Waals surface area (Å²) in [5.74, 6) is -0.919. The third-order valence-corrected chi connectivity index (χ3v) is 4.89. The zero-order valence-corrected chi connectivity index (χ0v) is 15.2. The van der Waals surface area contributed by atoms with Gasteiger partial charge >= 0.3 is 5.97 Å².